The highest BCUT2D eigenvalue weighted by Crippen LogP contribution is 2.36. The largest absolute Gasteiger partial charge is 0.438 e. The number of rotatable bonds is 4. The van der Waals surface area contributed by atoms with Gasteiger partial charge in [0.05, 0.1) is 6.61 Å². The van der Waals surface area contributed by atoms with Crippen LogP contribution in [0.15, 0.2) is 78.9 Å². The highest BCUT2D eigenvalue weighted by atomic mass is 16.6. The Morgan fingerprint density at radius 3 is 2.39 bits per heavy atom. The molecule has 4 rings (SSSR count). The Labute approximate surface area is 165 Å². The SMILES string of the molecule is CC1(c2ccccc2)CCN(c2cccc(-c3ccc(CO)cc3)c2)C(=O)O1. The van der Waals surface area contributed by atoms with E-state index in [0.29, 0.717) is 6.54 Å². The van der Waals surface area contributed by atoms with Crippen LogP contribution < -0.4 is 4.90 Å². The van der Waals surface area contributed by atoms with Gasteiger partial charge in [-0.3, -0.25) is 4.90 Å². The number of nitrogens with zero attached hydrogens (tertiary/aromatic N) is 1. The van der Waals surface area contributed by atoms with Crippen molar-refractivity contribution in [3.63, 3.8) is 0 Å². The van der Waals surface area contributed by atoms with Crippen LogP contribution in [0.5, 0.6) is 0 Å². The number of cyclic esters (lactones) is 1. The molecule has 28 heavy (non-hydrogen) atoms. The molecule has 0 bridgehead atoms. The Kier molecular flexibility index (Phi) is 4.88. The van der Waals surface area contributed by atoms with Gasteiger partial charge in [-0.05, 0) is 41.3 Å². The molecule has 3 aromatic rings. The van der Waals surface area contributed by atoms with Crippen molar-refractivity contribution < 1.29 is 14.6 Å². The number of benzene rings is 3. The van der Waals surface area contributed by atoms with Crippen LogP contribution in [0.25, 0.3) is 11.1 Å². The molecule has 3 aromatic carbocycles. The number of hydrogen-bond donors (Lipinski definition) is 1. The zero-order chi connectivity index (χ0) is 19.6. The predicted octanol–water partition coefficient (Wildman–Crippen LogP) is 5.11. The van der Waals surface area contributed by atoms with Crippen molar-refractivity contribution in [2.24, 2.45) is 0 Å². The molecule has 1 saturated heterocycles. The molecule has 0 saturated carbocycles. The van der Waals surface area contributed by atoms with Gasteiger partial charge in [0.1, 0.15) is 5.60 Å². The topological polar surface area (TPSA) is 49.8 Å². The molecule has 1 unspecified atom stereocenters. The molecule has 4 nitrogen and oxygen atoms in total. The summed E-state index contributed by atoms with van der Waals surface area (Å²) in [6.07, 6.45) is 0.392. The van der Waals surface area contributed by atoms with Crippen LogP contribution in [0.2, 0.25) is 0 Å². The first-order valence-corrected chi connectivity index (χ1v) is 9.45. The zero-order valence-corrected chi connectivity index (χ0v) is 15.8. The lowest BCUT2D eigenvalue weighted by molar-refractivity contribution is 0.00583. The van der Waals surface area contributed by atoms with Gasteiger partial charge in [0.2, 0.25) is 0 Å². The van der Waals surface area contributed by atoms with Gasteiger partial charge < -0.3 is 9.84 Å². The average Bonchev–Trinajstić information content (AvgIpc) is 2.74. The molecule has 0 aliphatic carbocycles. The maximum Gasteiger partial charge on any atom is 0.415 e. The van der Waals surface area contributed by atoms with Crippen LogP contribution >= 0.6 is 0 Å². The van der Waals surface area contributed by atoms with Crippen molar-refractivity contribution >= 4 is 11.8 Å². The summed E-state index contributed by atoms with van der Waals surface area (Å²) in [7, 11) is 0. The second kappa shape index (κ2) is 7.49. The highest BCUT2D eigenvalue weighted by Gasteiger charge is 2.38. The van der Waals surface area contributed by atoms with Crippen LogP contribution in [0, 0.1) is 0 Å². The molecule has 0 spiro atoms. The van der Waals surface area contributed by atoms with Gasteiger partial charge in [-0.25, -0.2) is 4.79 Å². The molecule has 1 fully saturated rings. The summed E-state index contributed by atoms with van der Waals surface area (Å²) < 4.78 is 5.86. The van der Waals surface area contributed by atoms with E-state index >= 15 is 0 Å². The van der Waals surface area contributed by atoms with Gasteiger partial charge in [0.15, 0.2) is 0 Å². The standard InChI is InChI=1S/C24H23NO3/c1-24(21-7-3-2-4-8-21)14-15-25(23(27)28-24)22-9-5-6-20(16-22)19-12-10-18(17-26)11-13-19/h2-13,16,26H,14-15,17H2,1H3. The minimum atomic E-state index is -0.605. The molecule has 1 aliphatic heterocycles. The maximum atomic E-state index is 12.8. The summed E-state index contributed by atoms with van der Waals surface area (Å²) in [5.41, 5.74) is 4.17. The first kappa shape index (κ1) is 18.3. The molecule has 1 amide bonds. The number of anilines is 1. The molecule has 0 radical (unpaired) electrons. The van der Waals surface area contributed by atoms with E-state index in [1.807, 2.05) is 85.8 Å². The van der Waals surface area contributed by atoms with Gasteiger partial charge in [-0.2, -0.15) is 0 Å². The van der Waals surface area contributed by atoms with Crippen molar-refractivity contribution in [3.8, 4) is 11.1 Å². The van der Waals surface area contributed by atoms with Gasteiger partial charge in [-0.1, -0.05) is 66.7 Å². The zero-order valence-electron chi connectivity index (χ0n) is 15.8. The van der Waals surface area contributed by atoms with Gasteiger partial charge in [-0.15, -0.1) is 0 Å². The summed E-state index contributed by atoms with van der Waals surface area (Å²) in [5.74, 6) is 0. The quantitative estimate of drug-likeness (QED) is 0.691. The second-order valence-electron chi connectivity index (χ2n) is 7.27. The van der Waals surface area contributed by atoms with E-state index in [4.69, 9.17) is 4.74 Å². The van der Waals surface area contributed by atoms with E-state index in [9.17, 15) is 9.90 Å². The van der Waals surface area contributed by atoms with E-state index in [2.05, 4.69) is 0 Å². The third kappa shape index (κ3) is 3.51. The Hall–Kier alpha value is -3.11. The van der Waals surface area contributed by atoms with E-state index in [1.54, 1.807) is 4.90 Å². The minimum absolute atomic E-state index is 0.0279. The highest BCUT2D eigenvalue weighted by molar-refractivity contribution is 5.89. The number of carbonyl (C=O) groups is 1. The smallest absolute Gasteiger partial charge is 0.415 e. The van der Waals surface area contributed by atoms with E-state index in [-0.39, 0.29) is 12.7 Å². The molecule has 1 atom stereocenters. The first-order valence-electron chi connectivity index (χ1n) is 9.45. The van der Waals surface area contributed by atoms with Crippen LogP contribution in [0.3, 0.4) is 0 Å². The molecule has 1 aliphatic rings. The van der Waals surface area contributed by atoms with E-state index < -0.39 is 5.60 Å². The second-order valence-corrected chi connectivity index (χ2v) is 7.27. The van der Waals surface area contributed by atoms with Crippen LogP contribution in [0.4, 0.5) is 10.5 Å². The molecular formula is C24H23NO3. The summed E-state index contributed by atoms with van der Waals surface area (Å²) in [6, 6.07) is 25.5. The molecule has 4 heteroatoms. The summed E-state index contributed by atoms with van der Waals surface area (Å²) in [5, 5.41) is 9.21. The Morgan fingerprint density at radius 2 is 1.71 bits per heavy atom. The fourth-order valence-electron chi connectivity index (χ4n) is 3.60. The first-order chi connectivity index (χ1) is 13.6. The van der Waals surface area contributed by atoms with Crippen molar-refractivity contribution in [3.05, 3.63) is 90.0 Å². The van der Waals surface area contributed by atoms with E-state index in [1.165, 1.54) is 0 Å². The van der Waals surface area contributed by atoms with Crippen molar-refractivity contribution in [1.82, 2.24) is 0 Å². The van der Waals surface area contributed by atoms with Gasteiger partial charge >= 0.3 is 6.09 Å². The van der Waals surface area contributed by atoms with Crippen LogP contribution in [0.1, 0.15) is 24.5 Å². The fourth-order valence-corrected chi connectivity index (χ4v) is 3.60. The molecule has 1 heterocycles. The van der Waals surface area contributed by atoms with Crippen molar-refractivity contribution in [2.45, 2.75) is 25.6 Å². The molecule has 1 N–H and O–H groups in total. The Morgan fingerprint density at radius 1 is 0.964 bits per heavy atom. The molecular weight excluding hydrogens is 350 g/mol. The van der Waals surface area contributed by atoms with Crippen LogP contribution in [-0.4, -0.2) is 17.7 Å². The lowest BCUT2D eigenvalue weighted by Gasteiger charge is -2.39. The summed E-state index contributed by atoms with van der Waals surface area (Å²) in [4.78, 5) is 14.5. The van der Waals surface area contributed by atoms with Gasteiger partial charge in [0, 0.05) is 18.7 Å². The third-order valence-corrected chi connectivity index (χ3v) is 5.36. The molecule has 0 aromatic heterocycles. The maximum absolute atomic E-state index is 12.8. The number of aliphatic hydroxyl groups is 1. The summed E-state index contributed by atoms with van der Waals surface area (Å²) >= 11 is 0. The minimum Gasteiger partial charge on any atom is -0.438 e. The Balaban J connectivity index is 1.56. The number of amides is 1. The lowest BCUT2D eigenvalue weighted by atomic mass is 9.91. The lowest BCUT2D eigenvalue weighted by Crippen LogP contribution is -2.46. The number of carbonyl (C=O) groups excluding carboxylic acids is 1. The van der Waals surface area contributed by atoms with E-state index in [0.717, 1.165) is 34.4 Å². The average molecular weight is 373 g/mol. The summed E-state index contributed by atoms with van der Waals surface area (Å²) in [6.45, 7) is 2.59. The fraction of sp³-hybridized carbons (Fsp3) is 0.208. The third-order valence-electron chi connectivity index (χ3n) is 5.36. The number of ether oxygens (including phenoxy) is 1. The van der Waals surface area contributed by atoms with Crippen molar-refractivity contribution in [1.29, 1.82) is 0 Å². The van der Waals surface area contributed by atoms with Gasteiger partial charge in [0.25, 0.3) is 0 Å². The van der Waals surface area contributed by atoms with Crippen LogP contribution in [-0.2, 0) is 16.9 Å². The molecule has 142 valence electrons. The normalized spacial score (nSPS) is 19.4. The Bertz CT molecular complexity index is 969. The van der Waals surface area contributed by atoms with Crippen molar-refractivity contribution in [2.75, 3.05) is 11.4 Å². The monoisotopic (exact) mass is 373 g/mol. The number of hydrogen-bond acceptors (Lipinski definition) is 3. The number of aliphatic hydroxyl groups excluding tert-OH is 1. The predicted molar refractivity (Wildman–Crippen MR) is 110 cm³/mol.